The average molecular weight is 153 g/mol. The molecule has 0 N–H and O–H groups in total. The van der Waals surface area contributed by atoms with Crippen LogP contribution in [0.25, 0.3) is 0 Å². The SMILES string of the molecule is COC(=O)C1(C#N)CCCC1. The molecule has 0 heterocycles. The van der Waals surface area contributed by atoms with Crippen LogP contribution in [0.5, 0.6) is 0 Å². The van der Waals surface area contributed by atoms with E-state index in [1.165, 1.54) is 7.11 Å². The fraction of sp³-hybridized carbons (Fsp3) is 0.750. The lowest BCUT2D eigenvalue weighted by atomic mass is 9.88. The van der Waals surface area contributed by atoms with Crippen LogP contribution in [0, 0.1) is 16.7 Å². The van der Waals surface area contributed by atoms with Crippen molar-refractivity contribution >= 4 is 5.97 Å². The van der Waals surface area contributed by atoms with E-state index < -0.39 is 5.41 Å². The van der Waals surface area contributed by atoms with Crippen molar-refractivity contribution in [3.63, 3.8) is 0 Å². The van der Waals surface area contributed by atoms with E-state index in [9.17, 15) is 4.79 Å². The summed E-state index contributed by atoms with van der Waals surface area (Å²) in [5.41, 5.74) is -0.811. The topological polar surface area (TPSA) is 50.1 Å². The van der Waals surface area contributed by atoms with Crippen molar-refractivity contribution in [2.75, 3.05) is 7.11 Å². The first-order valence-corrected chi connectivity index (χ1v) is 3.75. The lowest BCUT2D eigenvalue weighted by molar-refractivity contribution is -0.149. The molecule has 0 unspecified atom stereocenters. The molecule has 1 rings (SSSR count). The minimum Gasteiger partial charge on any atom is -0.468 e. The summed E-state index contributed by atoms with van der Waals surface area (Å²) in [5.74, 6) is -0.363. The molecule has 0 spiro atoms. The largest absolute Gasteiger partial charge is 0.468 e. The van der Waals surface area contributed by atoms with Crippen LogP contribution >= 0.6 is 0 Å². The molecule has 1 saturated carbocycles. The van der Waals surface area contributed by atoms with E-state index in [4.69, 9.17) is 5.26 Å². The van der Waals surface area contributed by atoms with Crippen LogP contribution < -0.4 is 0 Å². The molecular weight excluding hydrogens is 142 g/mol. The first-order valence-electron chi connectivity index (χ1n) is 3.75. The summed E-state index contributed by atoms with van der Waals surface area (Å²) in [6.45, 7) is 0. The van der Waals surface area contributed by atoms with Gasteiger partial charge < -0.3 is 4.74 Å². The molecule has 3 nitrogen and oxygen atoms in total. The Hall–Kier alpha value is -1.04. The first-order chi connectivity index (χ1) is 5.25. The van der Waals surface area contributed by atoms with Gasteiger partial charge in [0.2, 0.25) is 0 Å². The van der Waals surface area contributed by atoms with Gasteiger partial charge in [0.1, 0.15) is 0 Å². The quantitative estimate of drug-likeness (QED) is 0.532. The van der Waals surface area contributed by atoms with Crippen molar-refractivity contribution in [1.82, 2.24) is 0 Å². The van der Waals surface area contributed by atoms with Gasteiger partial charge in [-0.1, -0.05) is 12.8 Å². The molecule has 0 saturated heterocycles. The molecule has 0 aliphatic heterocycles. The fourth-order valence-corrected chi connectivity index (χ4v) is 1.54. The van der Waals surface area contributed by atoms with Gasteiger partial charge in [0, 0.05) is 0 Å². The molecule has 1 aliphatic carbocycles. The smallest absolute Gasteiger partial charge is 0.326 e. The maximum atomic E-state index is 11.1. The molecule has 0 aromatic heterocycles. The highest BCUT2D eigenvalue weighted by atomic mass is 16.5. The van der Waals surface area contributed by atoms with Gasteiger partial charge in [-0.3, -0.25) is 4.79 Å². The summed E-state index contributed by atoms with van der Waals surface area (Å²) in [5, 5.41) is 8.77. The Morgan fingerprint density at radius 2 is 2.09 bits per heavy atom. The Bertz CT molecular complexity index is 199. The molecule has 0 aromatic rings. The van der Waals surface area contributed by atoms with Crippen LogP contribution in [0.15, 0.2) is 0 Å². The Balaban J connectivity index is 2.76. The normalized spacial score (nSPS) is 20.7. The van der Waals surface area contributed by atoms with Crippen LogP contribution in [0.2, 0.25) is 0 Å². The zero-order valence-corrected chi connectivity index (χ0v) is 6.59. The Labute approximate surface area is 66.0 Å². The first kappa shape index (κ1) is 8.06. The maximum absolute atomic E-state index is 11.1. The molecule has 0 atom stereocenters. The Kier molecular flexibility index (Phi) is 2.13. The van der Waals surface area contributed by atoms with Crippen LogP contribution in [0.4, 0.5) is 0 Å². The second-order valence-corrected chi connectivity index (χ2v) is 2.89. The molecule has 0 bridgehead atoms. The number of nitriles is 1. The number of ether oxygens (including phenoxy) is 1. The van der Waals surface area contributed by atoms with Gasteiger partial charge in [-0.2, -0.15) is 5.26 Å². The molecule has 0 radical (unpaired) electrons. The maximum Gasteiger partial charge on any atom is 0.326 e. The van der Waals surface area contributed by atoms with E-state index in [0.29, 0.717) is 12.8 Å². The lowest BCUT2D eigenvalue weighted by Gasteiger charge is -2.15. The van der Waals surface area contributed by atoms with Crippen molar-refractivity contribution in [3.8, 4) is 6.07 Å². The van der Waals surface area contributed by atoms with Gasteiger partial charge in [0.25, 0.3) is 0 Å². The van der Waals surface area contributed by atoms with Gasteiger partial charge in [-0.15, -0.1) is 0 Å². The fourth-order valence-electron chi connectivity index (χ4n) is 1.54. The summed E-state index contributed by atoms with van der Waals surface area (Å²) in [4.78, 5) is 11.1. The summed E-state index contributed by atoms with van der Waals surface area (Å²) in [7, 11) is 1.33. The second-order valence-electron chi connectivity index (χ2n) is 2.89. The van der Waals surface area contributed by atoms with Gasteiger partial charge in [0.05, 0.1) is 13.2 Å². The molecule has 0 aromatic carbocycles. The van der Waals surface area contributed by atoms with E-state index in [1.807, 2.05) is 0 Å². The lowest BCUT2D eigenvalue weighted by Crippen LogP contribution is -2.27. The Morgan fingerprint density at radius 3 is 2.45 bits per heavy atom. The van der Waals surface area contributed by atoms with Gasteiger partial charge in [-0.25, -0.2) is 0 Å². The number of rotatable bonds is 1. The highest BCUT2D eigenvalue weighted by molar-refractivity contribution is 5.80. The molecule has 60 valence electrons. The van der Waals surface area contributed by atoms with E-state index in [-0.39, 0.29) is 5.97 Å². The number of hydrogen-bond donors (Lipinski definition) is 0. The number of hydrogen-bond acceptors (Lipinski definition) is 3. The van der Waals surface area contributed by atoms with E-state index >= 15 is 0 Å². The van der Waals surface area contributed by atoms with Gasteiger partial charge >= 0.3 is 5.97 Å². The van der Waals surface area contributed by atoms with Crippen molar-refractivity contribution in [2.45, 2.75) is 25.7 Å². The monoisotopic (exact) mass is 153 g/mol. The molecule has 0 amide bonds. The third kappa shape index (κ3) is 1.21. The zero-order chi connectivity index (χ0) is 8.32. The van der Waals surface area contributed by atoms with Crippen molar-refractivity contribution in [1.29, 1.82) is 5.26 Å². The molecule has 3 heteroatoms. The average Bonchev–Trinajstić information content (AvgIpc) is 2.52. The van der Waals surface area contributed by atoms with E-state index in [2.05, 4.69) is 10.8 Å². The van der Waals surface area contributed by atoms with Crippen LogP contribution in [-0.4, -0.2) is 13.1 Å². The van der Waals surface area contributed by atoms with Crippen molar-refractivity contribution < 1.29 is 9.53 Å². The highest BCUT2D eigenvalue weighted by Crippen LogP contribution is 2.38. The minimum atomic E-state index is -0.811. The molecule has 11 heavy (non-hydrogen) atoms. The van der Waals surface area contributed by atoms with Gasteiger partial charge in [0.15, 0.2) is 5.41 Å². The number of esters is 1. The number of carbonyl (C=O) groups is 1. The summed E-state index contributed by atoms with van der Waals surface area (Å²) < 4.78 is 4.57. The van der Waals surface area contributed by atoms with Crippen molar-refractivity contribution in [3.05, 3.63) is 0 Å². The third-order valence-electron chi connectivity index (χ3n) is 2.25. The molecule has 1 aliphatic rings. The standard InChI is InChI=1S/C8H11NO2/c1-11-7(10)8(6-9)4-2-3-5-8/h2-5H2,1H3. The number of carbonyl (C=O) groups excluding carboxylic acids is 1. The van der Waals surface area contributed by atoms with Crippen molar-refractivity contribution in [2.24, 2.45) is 5.41 Å². The number of nitrogens with zero attached hydrogens (tertiary/aromatic N) is 1. The predicted octanol–water partition coefficient (Wildman–Crippen LogP) is 1.24. The summed E-state index contributed by atoms with van der Waals surface area (Å²) in [6, 6.07) is 2.05. The Morgan fingerprint density at radius 1 is 1.55 bits per heavy atom. The van der Waals surface area contributed by atoms with E-state index in [0.717, 1.165) is 12.8 Å². The van der Waals surface area contributed by atoms with Gasteiger partial charge in [-0.05, 0) is 12.8 Å². The van der Waals surface area contributed by atoms with Crippen LogP contribution in [-0.2, 0) is 9.53 Å². The highest BCUT2D eigenvalue weighted by Gasteiger charge is 2.42. The van der Waals surface area contributed by atoms with Crippen LogP contribution in [0.1, 0.15) is 25.7 Å². The second kappa shape index (κ2) is 2.91. The molecule has 1 fully saturated rings. The van der Waals surface area contributed by atoms with E-state index in [1.54, 1.807) is 0 Å². The third-order valence-corrected chi connectivity index (χ3v) is 2.25. The summed E-state index contributed by atoms with van der Waals surface area (Å²) >= 11 is 0. The van der Waals surface area contributed by atoms with Crippen LogP contribution in [0.3, 0.4) is 0 Å². The number of methoxy groups -OCH3 is 1. The summed E-state index contributed by atoms with van der Waals surface area (Å²) in [6.07, 6.45) is 3.25. The predicted molar refractivity (Wildman–Crippen MR) is 38.5 cm³/mol. The zero-order valence-electron chi connectivity index (χ0n) is 6.59. The minimum absolute atomic E-state index is 0.363. The molecular formula is C8H11NO2.